The molecule has 1 aliphatic rings. The third kappa shape index (κ3) is 7.70. The number of aliphatic hydroxyl groups excluding tert-OH is 1. The molecule has 1 saturated heterocycles. The molecule has 0 aromatic heterocycles. The number of benzene rings is 2. The zero-order valence-corrected chi connectivity index (χ0v) is 19.4. The number of halogens is 3. The normalized spacial score (nSPS) is 18.3. The van der Waals surface area contributed by atoms with E-state index in [-0.39, 0.29) is 37.8 Å². The second-order valence-electron chi connectivity index (χ2n) is 9.13. The number of nitrogens with zero attached hydrogens (tertiary/aromatic N) is 2. The number of amides is 2. The molecule has 2 aromatic rings. The zero-order chi connectivity index (χ0) is 24.7. The summed E-state index contributed by atoms with van der Waals surface area (Å²) < 4.78 is 39.7. The summed E-state index contributed by atoms with van der Waals surface area (Å²) in [5, 5.41) is 13.4. The molecular formula is C25H32F3N3O3. The van der Waals surface area contributed by atoms with Gasteiger partial charge in [-0.3, -0.25) is 15.0 Å². The second-order valence-corrected chi connectivity index (χ2v) is 9.13. The summed E-state index contributed by atoms with van der Waals surface area (Å²) in [6.07, 6.45) is -2.62. The number of carbonyl (C=O) groups excluding carboxylic acids is 2. The number of hydrogen-bond donors (Lipinski definition) is 2. The molecule has 1 aliphatic heterocycles. The van der Waals surface area contributed by atoms with E-state index < -0.39 is 18.2 Å². The van der Waals surface area contributed by atoms with Gasteiger partial charge in [0.05, 0.1) is 6.10 Å². The number of aliphatic hydroxyl groups is 1. The van der Waals surface area contributed by atoms with E-state index in [2.05, 4.69) is 5.43 Å². The van der Waals surface area contributed by atoms with Gasteiger partial charge in [-0.25, -0.2) is 5.01 Å². The molecule has 1 heterocycles. The Hall–Kier alpha value is -2.65. The lowest BCUT2D eigenvalue weighted by Gasteiger charge is -2.26. The Kier molecular flexibility index (Phi) is 8.90. The van der Waals surface area contributed by atoms with Crippen LogP contribution in [0.25, 0.3) is 10.8 Å². The van der Waals surface area contributed by atoms with Gasteiger partial charge in [0.25, 0.3) is 0 Å². The van der Waals surface area contributed by atoms with E-state index >= 15 is 0 Å². The first-order valence-electron chi connectivity index (χ1n) is 11.7. The molecule has 1 fully saturated rings. The monoisotopic (exact) mass is 479 g/mol. The third-order valence-electron chi connectivity index (χ3n) is 6.07. The molecular weight excluding hydrogens is 447 g/mol. The Bertz CT molecular complexity index is 983. The summed E-state index contributed by atoms with van der Waals surface area (Å²) in [6, 6.07) is 12.9. The number of fused-ring (bicyclic) bond motifs is 1. The molecule has 2 atom stereocenters. The van der Waals surface area contributed by atoms with Gasteiger partial charge < -0.3 is 10.0 Å². The minimum Gasteiger partial charge on any atom is -0.392 e. The lowest BCUT2D eigenvalue weighted by atomic mass is 10.0. The van der Waals surface area contributed by atoms with Crippen LogP contribution in [-0.2, 0) is 16.1 Å². The average Bonchev–Trinajstić information content (AvgIpc) is 2.98. The molecule has 2 amide bonds. The van der Waals surface area contributed by atoms with E-state index in [1.54, 1.807) is 24.1 Å². The van der Waals surface area contributed by atoms with Crippen molar-refractivity contribution in [3.05, 3.63) is 48.0 Å². The van der Waals surface area contributed by atoms with Crippen molar-refractivity contribution in [3.8, 4) is 0 Å². The van der Waals surface area contributed by atoms with Crippen LogP contribution in [-0.4, -0.2) is 58.7 Å². The summed E-state index contributed by atoms with van der Waals surface area (Å²) in [4.78, 5) is 25.3. The minimum absolute atomic E-state index is 0.109. The predicted octanol–water partition coefficient (Wildman–Crippen LogP) is 4.03. The van der Waals surface area contributed by atoms with Crippen molar-refractivity contribution >= 4 is 22.6 Å². The summed E-state index contributed by atoms with van der Waals surface area (Å²) >= 11 is 0. The van der Waals surface area contributed by atoms with Crippen LogP contribution in [0.3, 0.4) is 0 Å². The Labute approximate surface area is 197 Å². The maximum absolute atomic E-state index is 13.2. The van der Waals surface area contributed by atoms with Crippen LogP contribution < -0.4 is 5.43 Å². The molecule has 9 heteroatoms. The highest BCUT2D eigenvalue weighted by molar-refractivity contribution is 5.84. The Morgan fingerprint density at radius 2 is 1.91 bits per heavy atom. The molecule has 0 bridgehead atoms. The van der Waals surface area contributed by atoms with Crippen molar-refractivity contribution in [1.29, 1.82) is 0 Å². The summed E-state index contributed by atoms with van der Waals surface area (Å²) in [5.74, 6) is -2.35. The van der Waals surface area contributed by atoms with Crippen LogP contribution in [0.15, 0.2) is 42.5 Å². The van der Waals surface area contributed by atoms with Crippen LogP contribution in [0.4, 0.5) is 13.2 Å². The molecule has 0 spiro atoms. The van der Waals surface area contributed by atoms with Crippen molar-refractivity contribution in [2.45, 2.75) is 57.9 Å². The molecule has 6 nitrogen and oxygen atoms in total. The first-order valence-corrected chi connectivity index (χ1v) is 11.7. The number of β-amino-alcohol motifs (C(OH)–C–C–N with tert-alkyl or cyclic N) is 1. The smallest absolute Gasteiger partial charge is 0.392 e. The van der Waals surface area contributed by atoms with Gasteiger partial charge >= 0.3 is 12.1 Å². The number of hydrogen-bond acceptors (Lipinski definition) is 4. The van der Waals surface area contributed by atoms with Gasteiger partial charge in [-0.2, -0.15) is 13.2 Å². The number of alkyl halides is 3. The summed E-state index contributed by atoms with van der Waals surface area (Å²) in [5.41, 5.74) is 3.40. The minimum atomic E-state index is -4.97. The van der Waals surface area contributed by atoms with Gasteiger partial charge in [-0.05, 0) is 54.0 Å². The average molecular weight is 480 g/mol. The lowest BCUT2D eigenvalue weighted by molar-refractivity contribution is -0.186. The fourth-order valence-corrected chi connectivity index (χ4v) is 4.23. The molecule has 1 unspecified atom stereocenters. The molecule has 0 saturated carbocycles. The van der Waals surface area contributed by atoms with Crippen LogP contribution >= 0.6 is 0 Å². The van der Waals surface area contributed by atoms with Gasteiger partial charge in [0, 0.05) is 32.6 Å². The zero-order valence-electron chi connectivity index (χ0n) is 19.4. The molecule has 0 radical (unpaired) electrons. The highest BCUT2D eigenvalue weighted by Gasteiger charge is 2.42. The second kappa shape index (κ2) is 11.7. The Morgan fingerprint density at radius 3 is 2.65 bits per heavy atom. The Morgan fingerprint density at radius 1 is 1.18 bits per heavy atom. The van der Waals surface area contributed by atoms with Crippen LogP contribution in [0.2, 0.25) is 0 Å². The van der Waals surface area contributed by atoms with Crippen molar-refractivity contribution in [2.24, 2.45) is 5.92 Å². The largest absolute Gasteiger partial charge is 0.471 e. The number of hydrazine groups is 1. The summed E-state index contributed by atoms with van der Waals surface area (Å²) in [7, 11) is 0. The van der Waals surface area contributed by atoms with Gasteiger partial charge in [-0.1, -0.05) is 43.3 Å². The molecule has 0 aliphatic carbocycles. The topological polar surface area (TPSA) is 72.9 Å². The number of rotatable bonds is 8. The molecule has 3 rings (SSSR count). The van der Waals surface area contributed by atoms with Gasteiger partial charge in [-0.15, -0.1) is 0 Å². The first kappa shape index (κ1) is 26.0. The SMILES string of the molecule is C[C@@H](CCN(Cc1ccc2ccccc2c1)C(=O)C(F)(F)F)CC(=O)NN1CCCCC(O)C1. The maximum Gasteiger partial charge on any atom is 0.471 e. The standard InChI is InChI=1S/C25H32F3N3O3/c1-18(14-23(33)29-31-12-5-4-8-22(32)17-31)11-13-30(24(34)25(26,27)28)16-19-9-10-20-6-2-3-7-21(20)15-19/h2-3,6-7,9-10,15,18,22,32H,4-5,8,11-14,16-17H2,1H3,(H,29,33)/t18-,22?/m0/s1. The first-order chi connectivity index (χ1) is 16.1. The van der Waals surface area contributed by atoms with Crippen LogP contribution in [0, 0.1) is 5.92 Å². The van der Waals surface area contributed by atoms with Crippen molar-refractivity contribution < 1.29 is 27.9 Å². The van der Waals surface area contributed by atoms with Crippen molar-refractivity contribution in [3.63, 3.8) is 0 Å². The van der Waals surface area contributed by atoms with E-state index in [1.807, 2.05) is 30.3 Å². The molecule has 186 valence electrons. The van der Waals surface area contributed by atoms with E-state index in [4.69, 9.17) is 0 Å². The van der Waals surface area contributed by atoms with Crippen LogP contribution in [0.5, 0.6) is 0 Å². The third-order valence-corrected chi connectivity index (χ3v) is 6.07. The van der Waals surface area contributed by atoms with E-state index in [9.17, 15) is 27.9 Å². The van der Waals surface area contributed by atoms with Crippen LogP contribution in [0.1, 0.15) is 44.6 Å². The van der Waals surface area contributed by atoms with Crippen molar-refractivity contribution in [2.75, 3.05) is 19.6 Å². The van der Waals surface area contributed by atoms with Gasteiger partial charge in [0.1, 0.15) is 0 Å². The van der Waals surface area contributed by atoms with E-state index in [1.165, 1.54) is 0 Å². The van der Waals surface area contributed by atoms with E-state index in [0.717, 1.165) is 28.5 Å². The van der Waals surface area contributed by atoms with Crippen molar-refractivity contribution in [1.82, 2.24) is 15.3 Å². The lowest BCUT2D eigenvalue weighted by Crippen LogP contribution is -2.46. The summed E-state index contributed by atoms with van der Waals surface area (Å²) in [6.45, 7) is 2.52. The quantitative estimate of drug-likeness (QED) is 0.600. The van der Waals surface area contributed by atoms with E-state index in [0.29, 0.717) is 25.1 Å². The number of nitrogens with one attached hydrogen (secondary N) is 1. The highest BCUT2D eigenvalue weighted by Crippen LogP contribution is 2.23. The highest BCUT2D eigenvalue weighted by atomic mass is 19.4. The van der Waals surface area contributed by atoms with Gasteiger partial charge in [0.2, 0.25) is 5.91 Å². The fourth-order valence-electron chi connectivity index (χ4n) is 4.23. The fraction of sp³-hybridized carbons (Fsp3) is 0.520. The Balaban J connectivity index is 1.58. The van der Waals surface area contributed by atoms with Gasteiger partial charge in [0.15, 0.2) is 0 Å². The predicted molar refractivity (Wildman–Crippen MR) is 123 cm³/mol. The number of carbonyl (C=O) groups is 2. The maximum atomic E-state index is 13.2. The molecule has 2 aromatic carbocycles. The molecule has 34 heavy (non-hydrogen) atoms. The molecule has 2 N–H and O–H groups in total.